The molecule has 0 N–H and O–H groups in total. The van der Waals surface area contributed by atoms with Gasteiger partial charge in [0.05, 0.1) is 0 Å². The molecule has 2 rings (SSSR count). The Morgan fingerprint density at radius 2 is 1.39 bits per heavy atom. The van der Waals surface area contributed by atoms with E-state index in [9.17, 15) is 0 Å². The molecule has 2 nitrogen and oxygen atoms in total. The second kappa shape index (κ2) is 9.61. The van der Waals surface area contributed by atoms with E-state index in [1.807, 2.05) is 18.4 Å². The predicted molar refractivity (Wildman–Crippen MR) is 101 cm³/mol. The molecule has 0 radical (unpaired) electrons. The molecule has 0 saturated heterocycles. The topological polar surface area (TPSA) is 26.3 Å². The van der Waals surface area contributed by atoms with Gasteiger partial charge in [0.15, 0.2) is 0 Å². The Morgan fingerprint density at radius 1 is 0.783 bits per heavy atom. The Hall–Kier alpha value is -0.641. The fourth-order valence-corrected chi connectivity index (χ4v) is 20.0. The maximum atomic E-state index is 5.91. The number of hydrogen-bond acceptors (Lipinski definition) is 2. The average Bonchev–Trinajstić information content (AvgIpc) is 3.25. The zero-order valence-electron chi connectivity index (χ0n) is 15.1. The Bertz CT molecular complexity index is 520. The molecule has 23 heavy (non-hydrogen) atoms. The minimum atomic E-state index is -2.44. The van der Waals surface area contributed by atoms with Crippen LogP contribution in [0.3, 0.4) is 0 Å². The summed E-state index contributed by atoms with van der Waals surface area (Å²) >= 11 is -2.44. The van der Waals surface area contributed by atoms with Gasteiger partial charge in [-0.25, -0.2) is 0 Å². The molecule has 128 valence electrons. The van der Waals surface area contributed by atoms with Crippen molar-refractivity contribution in [3.63, 3.8) is 0 Å². The van der Waals surface area contributed by atoms with E-state index in [0.29, 0.717) is 0 Å². The predicted octanol–water partition coefficient (Wildman–Crippen LogP) is 6.60. The monoisotopic (exact) mass is 424 g/mol. The van der Waals surface area contributed by atoms with Gasteiger partial charge in [-0.2, -0.15) is 0 Å². The van der Waals surface area contributed by atoms with Gasteiger partial charge >= 0.3 is 146 Å². The van der Waals surface area contributed by atoms with Crippen molar-refractivity contribution in [2.24, 2.45) is 0 Å². The van der Waals surface area contributed by atoms with Crippen molar-refractivity contribution >= 4 is 22.0 Å². The zero-order chi connectivity index (χ0) is 16.5. The van der Waals surface area contributed by atoms with Gasteiger partial charge in [0.2, 0.25) is 0 Å². The fourth-order valence-electron chi connectivity index (χ4n) is 3.65. The Labute approximate surface area is 145 Å². The van der Waals surface area contributed by atoms with E-state index in [1.54, 1.807) is 9.84 Å². The van der Waals surface area contributed by atoms with Crippen LogP contribution in [0, 0.1) is 0 Å². The molecule has 0 saturated carbocycles. The summed E-state index contributed by atoms with van der Waals surface area (Å²) in [5.74, 6) is 1.95. The van der Waals surface area contributed by atoms with E-state index < -0.39 is 18.4 Å². The normalized spacial score (nSPS) is 12.0. The van der Waals surface area contributed by atoms with Crippen molar-refractivity contribution in [2.75, 3.05) is 0 Å². The van der Waals surface area contributed by atoms with Gasteiger partial charge < -0.3 is 0 Å². The number of furan rings is 2. The Balaban J connectivity index is 2.39. The van der Waals surface area contributed by atoms with Crippen molar-refractivity contribution in [3.05, 3.63) is 30.7 Å². The van der Waals surface area contributed by atoms with Crippen LogP contribution < -0.4 is 3.58 Å². The van der Waals surface area contributed by atoms with Crippen LogP contribution in [0.1, 0.15) is 59.3 Å². The van der Waals surface area contributed by atoms with E-state index in [4.69, 9.17) is 8.83 Å². The summed E-state index contributed by atoms with van der Waals surface area (Å²) in [5.41, 5.74) is 0. The van der Waals surface area contributed by atoms with Gasteiger partial charge in [0.1, 0.15) is 0 Å². The van der Waals surface area contributed by atoms with Gasteiger partial charge in [0, 0.05) is 0 Å². The molecule has 2 aromatic rings. The third kappa shape index (κ3) is 4.68. The fraction of sp³-hybridized carbons (Fsp3) is 0.600. The third-order valence-electron chi connectivity index (χ3n) is 5.01. The molecule has 0 aliphatic rings. The van der Waals surface area contributed by atoms with Gasteiger partial charge in [-0.05, 0) is 0 Å². The van der Waals surface area contributed by atoms with Crippen LogP contribution in [-0.4, -0.2) is 18.4 Å². The van der Waals surface area contributed by atoms with Crippen molar-refractivity contribution in [3.8, 4) is 11.5 Å². The summed E-state index contributed by atoms with van der Waals surface area (Å²) in [7, 11) is 0. The van der Waals surface area contributed by atoms with E-state index in [2.05, 4.69) is 26.8 Å². The van der Waals surface area contributed by atoms with E-state index in [0.717, 1.165) is 11.5 Å². The van der Waals surface area contributed by atoms with Crippen molar-refractivity contribution in [2.45, 2.75) is 72.6 Å². The second-order valence-corrected chi connectivity index (χ2v) is 19.9. The van der Waals surface area contributed by atoms with Crippen molar-refractivity contribution < 1.29 is 8.83 Å². The van der Waals surface area contributed by atoms with Gasteiger partial charge in [-0.1, -0.05) is 0 Å². The molecular weight excluding hydrogens is 391 g/mol. The molecule has 0 aromatic carbocycles. The van der Waals surface area contributed by atoms with Crippen LogP contribution in [0.25, 0.3) is 11.5 Å². The molecule has 2 heterocycles. The van der Waals surface area contributed by atoms with Crippen LogP contribution >= 0.6 is 0 Å². The molecule has 0 fully saturated rings. The standard InChI is InChI=1S/C8H5O2.3C4H9.Sn/c1-3-7(9-5-1)8-4-2-6-10-8;3*1-3-4-2;/h1-3,5-6H;3*1,3-4H2,2H3;. The Kier molecular flexibility index (Phi) is 7.81. The Morgan fingerprint density at radius 3 is 1.87 bits per heavy atom. The molecule has 0 aliphatic carbocycles. The molecule has 2 aromatic heterocycles. The van der Waals surface area contributed by atoms with Gasteiger partial charge in [0.25, 0.3) is 0 Å². The second-order valence-electron chi connectivity index (χ2n) is 6.73. The molecule has 0 amide bonds. The summed E-state index contributed by atoms with van der Waals surface area (Å²) in [4.78, 5) is 0. The molecular formula is C20H32O2Sn. The first kappa shape index (κ1) is 18.7. The molecule has 0 aliphatic heterocycles. The molecule has 0 bridgehead atoms. The van der Waals surface area contributed by atoms with Crippen molar-refractivity contribution in [1.82, 2.24) is 0 Å². The van der Waals surface area contributed by atoms with E-state index >= 15 is 0 Å². The summed E-state index contributed by atoms with van der Waals surface area (Å²) in [6, 6.07) is 6.29. The average molecular weight is 423 g/mol. The van der Waals surface area contributed by atoms with Crippen LogP contribution in [0.2, 0.25) is 13.3 Å². The van der Waals surface area contributed by atoms with Crippen LogP contribution in [0.4, 0.5) is 0 Å². The van der Waals surface area contributed by atoms with Crippen LogP contribution in [-0.2, 0) is 0 Å². The zero-order valence-corrected chi connectivity index (χ0v) is 17.9. The van der Waals surface area contributed by atoms with Gasteiger partial charge in [-0.3, -0.25) is 0 Å². The molecule has 0 spiro atoms. The first-order chi connectivity index (χ1) is 11.3. The summed E-state index contributed by atoms with van der Waals surface area (Å²) < 4.78 is 17.5. The molecule has 3 heteroatoms. The SMILES string of the molecule is CCC[CH2][Sn]([CH2]CCC)([CH2]CCC)[c]1ccoc1-c1ccco1. The quantitative estimate of drug-likeness (QED) is 0.381. The van der Waals surface area contributed by atoms with Crippen LogP contribution in [0.15, 0.2) is 39.6 Å². The number of unbranched alkanes of at least 4 members (excludes halogenated alkanes) is 3. The first-order valence-electron chi connectivity index (χ1n) is 9.39. The maximum absolute atomic E-state index is 5.91. The summed E-state index contributed by atoms with van der Waals surface area (Å²) in [5, 5.41) is 0. The third-order valence-corrected chi connectivity index (χ3v) is 20.6. The molecule has 0 unspecified atom stereocenters. The first-order valence-corrected chi connectivity index (χ1v) is 16.9. The van der Waals surface area contributed by atoms with Gasteiger partial charge in [-0.15, -0.1) is 0 Å². The van der Waals surface area contributed by atoms with Crippen LogP contribution in [0.5, 0.6) is 0 Å². The van der Waals surface area contributed by atoms with Crippen molar-refractivity contribution in [1.29, 1.82) is 0 Å². The number of rotatable bonds is 11. The minimum absolute atomic E-state index is 0.913. The number of hydrogen-bond donors (Lipinski definition) is 0. The molecule has 0 atom stereocenters. The van der Waals surface area contributed by atoms with E-state index in [-0.39, 0.29) is 0 Å². The van der Waals surface area contributed by atoms with E-state index in [1.165, 1.54) is 51.8 Å². The summed E-state index contributed by atoms with van der Waals surface area (Å²) in [6.45, 7) is 6.96. The summed E-state index contributed by atoms with van der Waals surface area (Å²) in [6.07, 6.45) is 11.6.